The van der Waals surface area contributed by atoms with Crippen molar-refractivity contribution in [3.05, 3.63) is 108 Å². The number of nitrogens with zero attached hydrogens (tertiary/aromatic N) is 1. The molecule has 0 aromatic heterocycles. The average Bonchev–Trinajstić information content (AvgIpc) is 3.30. The van der Waals surface area contributed by atoms with Gasteiger partial charge in [0.1, 0.15) is 6.61 Å². The van der Waals surface area contributed by atoms with Crippen LogP contribution in [-0.2, 0) is 31.9 Å². The van der Waals surface area contributed by atoms with Crippen molar-refractivity contribution >= 4 is 20.3 Å². The number of likely N-dealkylation sites (tertiary alicyclic amines) is 1. The summed E-state index contributed by atoms with van der Waals surface area (Å²) in [6.07, 6.45) is -0.506. The van der Waals surface area contributed by atoms with Gasteiger partial charge >= 0.3 is 6.09 Å². The number of benzene rings is 3. The Balaban J connectivity index is 1.70. The highest BCUT2D eigenvalue weighted by molar-refractivity contribution is 6.74. The summed E-state index contributed by atoms with van der Waals surface area (Å²) in [6.45, 7) is 11.9. The molecule has 0 saturated carbocycles. The lowest BCUT2D eigenvalue weighted by Gasteiger charge is -2.39. The van der Waals surface area contributed by atoms with Gasteiger partial charge in [-0.3, -0.25) is 9.69 Å². The Hall–Kier alpha value is -3.46. The minimum Gasteiger partial charge on any atom is -0.445 e. The van der Waals surface area contributed by atoms with Crippen LogP contribution in [-0.4, -0.2) is 44.5 Å². The van der Waals surface area contributed by atoms with Crippen molar-refractivity contribution in [3.8, 4) is 0 Å². The van der Waals surface area contributed by atoms with E-state index < -0.39 is 44.2 Å². The van der Waals surface area contributed by atoms with Crippen LogP contribution in [0, 0.1) is 11.8 Å². The summed E-state index contributed by atoms with van der Waals surface area (Å²) in [7, 11) is -2.21. The maximum atomic E-state index is 14.0. The van der Waals surface area contributed by atoms with E-state index in [-0.39, 0.29) is 24.9 Å². The number of carbonyl (C=O) groups excluding carboxylic acids is 2. The Morgan fingerprint density at radius 2 is 1.33 bits per heavy atom. The van der Waals surface area contributed by atoms with Crippen LogP contribution in [0.5, 0.6) is 0 Å². The van der Waals surface area contributed by atoms with Gasteiger partial charge in [-0.1, -0.05) is 112 Å². The van der Waals surface area contributed by atoms with E-state index in [0.29, 0.717) is 6.61 Å². The zero-order valence-corrected chi connectivity index (χ0v) is 26.4. The molecule has 4 atom stereocenters. The number of rotatable bonds is 11. The SMILES string of the molecule is CC(C)(C)[Si](C)(C)OCC1C(COCc2ccccc2)C(C(N)=O)C(c2ccccc2)N1C(=O)OCc1ccccc1. The first-order chi connectivity index (χ1) is 20.0. The van der Waals surface area contributed by atoms with Gasteiger partial charge in [-0.15, -0.1) is 0 Å². The molecule has 0 radical (unpaired) electrons. The van der Waals surface area contributed by atoms with E-state index in [4.69, 9.17) is 19.6 Å². The Labute approximate surface area is 251 Å². The summed E-state index contributed by atoms with van der Waals surface area (Å²) in [5.41, 5.74) is 8.86. The number of nitrogens with two attached hydrogens (primary N) is 1. The zero-order chi connectivity index (χ0) is 30.3. The first kappa shape index (κ1) is 31.5. The minimum atomic E-state index is -2.21. The van der Waals surface area contributed by atoms with Crippen molar-refractivity contribution in [3.63, 3.8) is 0 Å². The summed E-state index contributed by atoms with van der Waals surface area (Å²) in [5, 5.41) is -0.0362. The highest BCUT2D eigenvalue weighted by Gasteiger charge is 2.55. The largest absolute Gasteiger partial charge is 0.445 e. The second kappa shape index (κ2) is 13.7. The van der Waals surface area contributed by atoms with E-state index in [1.54, 1.807) is 4.90 Å². The van der Waals surface area contributed by atoms with E-state index in [9.17, 15) is 9.59 Å². The van der Waals surface area contributed by atoms with Gasteiger partial charge in [-0.05, 0) is 34.8 Å². The van der Waals surface area contributed by atoms with Gasteiger partial charge in [-0.2, -0.15) is 0 Å². The maximum Gasteiger partial charge on any atom is 0.410 e. The molecule has 3 aromatic carbocycles. The van der Waals surface area contributed by atoms with Gasteiger partial charge in [0.2, 0.25) is 5.91 Å². The quantitative estimate of drug-likeness (QED) is 0.252. The second-order valence-electron chi connectivity index (χ2n) is 12.5. The van der Waals surface area contributed by atoms with Crippen LogP contribution < -0.4 is 5.73 Å². The molecule has 1 aliphatic heterocycles. The van der Waals surface area contributed by atoms with Crippen LogP contribution in [0.2, 0.25) is 18.1 Å². The zero-order valence-electron chi connectivity index (χ0n) is 25.4. The molecule has 2 N–H and O–H groups in total. The lowest BCUT2D eigenvalue weighted by Crippen LogP contribution is -2.48. The molecule has 8 heteroatoms. The molecule has 42 heavy (non-hydrogen) atoms. The molecule has 1 aliphatic rings. The van der Waals surface area contributed by atoms with Crippen molar-refractivity contribution < 1.29 is 23.5 Å². The van der Waals surface area contributed by atoms with Crippen LogP contribution in [0.4, 0.5) is 4.79 Å². The third kappa shape index (κ3) is 7.48. The standard InChI is InChI=1S/C34H44N2O5Si/c1-34(2,3)42(4,5)41-24-29-28(23-39-21-25-15-9-6-10-16-25)30(32(35)37)31(27-19-13-8-14-20-27)36(29)33(38)40-22-26-17-11-7-12-18-26/h6-20,28-31H,21-24H2,1-5H3,(H2,35,37). The van der Waals surface area contributed by atoms with Gasteiger partial charge in [-0.25, -0.2) is 4.79 Å². The topological polar surface area (TPSA) is 91.1 Å². The van der Waals surface area contributed by atoms with Crippen LogP contribution in [0.15, 0.2) is 91.0 Å². The molecule has 0 aliphatic carbocycles. The highest BCUT2D eigenvalue weighted by Crippen LogP contribution is 2.47. The van der Waals surface area contributed by atoms with Crippen molar-refractivity contribution in [2.24, 2.45) is 17.6 Å². The van der Waals surface area contributed by atoms with Gasteiger partial charge in [0.25, 0.3) is 0 Å². The van der Waals surface area contributed by atoms with Crippen molar-refractivity contribution in [1.29, 1.82) is 0 Å². The molecule has 1 fully saturated rings. The van der Waals surface area contributed by atoms with Crippen molar-refractivity contribution in [2.75, 3.05) is 13.2 Å². The predicted molar refractivity (Wildman–Crippen MR) is 167 cm³/mol. The Morgan fingerprint density at radius 3 is 1.86 bits per heavy atom. The molecule has 3 aromatic rings. The lowest BCUT2D eigenvalue weighted by molar-refractivity contribution is -0.124. The molecule has 0 bridgehead atoms. The molecular weight excluding hydrogens is 544 g/mol. The van der Waals surface area contributed by atoms with Crippen LogP contribution in [0.25, 0.3) is 0 Å². The van der Waals surface area contributed by atoms with Crippen molar-refractivity contribution in [1.82, 2.24) is 4.90 Å². The first-order valence-electron chi connectivity index (χ1n) is 14.6. The fourth-order valence-corrected chi connectivity index (χ4v) is 6.32. The molecule has 4 rings (SSSR count). The first-order valence-corrected chi connectivity index (χ1v) is 17.5. The Kier molecular flexibility index (Phi) is 10.2. The Morgan fingerprint density at radius 1 is 0.810 bits per heavy atom. The maximum absolute atomic E-state index is 14.0. The van der Waals surface area contributed by atoms with E-state index >= 15 is 0 Å². The number of primary amides is 1. The smallest absolute Gasteiger partial charge is 0.410 e. The Bertz CT molecular complexity index is 1300. The lowest BCUT2D eigenvalue weighted by atomic mass is 9.84. The van der Waals surface area contributed by atoms with E-state index in [1.165, 1.54) is 0 Å². The number of hydrogen-bond acceptors (Lipinski definition) is 5. The van der Waals surface area contributed by atoms with E-state index in [1.807, 2.05) is 91.0 Å². The molecule has 1 saturated heterocycles. The molecule has 4 unspecified atom stereocenters. The van der Waals surface area contributed by atoms with Gasteiger partial charge in [0.15, 0.2) is 8.32 Å². The highest BCUT2D eigenvalue weighted by atomic mass is 28.4. The van der Waals surface area contributed by atoms with E-state index in [0.717, 1.165) is 16.7 Å². The van der Waals surface area contributed by atoms with E-state index in [2.05, 4.69) is 33.9 Å². The molecular formula is C34H44N2O5Si. The monoisotopic (exact) mass is 588 g/mol. The van der Waals surface area contributed by atoms with Gasteiger partial charge in [0.05, 0.1) is 37.8 Å². The summed E-state index contributed by atoms with van der Waals surface area (Å²) in [4.78, 5) is 28.9. The predicted octanol–water partition coefficient (Wildman–Crippen LogP) is 6.71. The van der Waals surface area contributed by atoms with Crippen LogP contribution >= 0.6 is 0 Å². The molecule has 224 valence electrons. The third-order valence-electron chi connectivity index (χ3n) is 8.68. The summed E-state index contributed by atoms with van der Waals surface area (Å²) in [5.74, 6) is -1.57. The number of amides is 2. The molecule has 2 amide bonds. The van der Waals surface area contributed by atoms with Gasteiger partial charge < -0.3 is 19.6 Å². The van der Waals surface area contributed by atoms with Crippen molar-refractivity contribution in [2.45, 2.75) is 64.2 Å². The van der Waals surface area contributed by atoms with Crippen LogP contribution in [0.3, 0.4) is 0 Å². The normalized spacial score (nSPS) is 20.8. The summed E-state index contributed by atoms with van der Waals surface area (Å²) >= 11 is 0. The summed E-state index contributed by atoms with van der Waals surface area (Å²) < 4.78 is 18.8. The fraction of sp³-hybridized carbons (Fsp3) is 0.412. The number of carbonyl (C=O) groups is 2. The number of hydrogen-bond donors (Lipinski definition) is 1. The molecule has 1 heterocycles. The fourth-order valence-electron chi connectivity index (χ4n) is 5.30. The average molecular weight is 589 g/mol. The third-order valence-corrected chi connectivity index (χ3v) is 13.2. The van der Waals surface area contributed by atoms with Crippen LogP contribution in [0.1, 0.15) is 43.5 Å². The molecule has 0 spiro atoms. The number of ether oxygens (including phenoxy) is 2. The summed E-state index contributed by atoms with van der Waals surface area (Å²) in [6, 6.07) is 27.9. The second-order valence-corrected chi connectivity index (χ2v) is 17.3. The minimum absolute atomic E-state index is 0.0362. The van der Waals surface area contributed by atoms with Gasteiger partial charge in [0, 0.05) is 5.92 Å². The molecule has 7 nitrogen and oxygen atoms in total.